The van der Waals surface area contributed by atoms with Gasteiger partial charge in [-0.25, -0.2) is 0 Å². The predicted molar refractivity (Wildman–Crippen MR) is 72.3 cm³/mol. The molecule has 0 unspecified atom stereocenters. The number of nitrogens with zero attached hydrogens (tertiary/aromatic N) is 1. The van der Waals surface area contributed by atoms with Crippen LogP contribution < -0.4 is 4.57 Å². The van der Waals surface area contributed by atoms with Crippen molar-refractivity contribution in [3.63, 3.8) is 0 Å². The van der Waals surface area contributed by atoms with Crippen molar-refractivity contribution in [2.75, 3.05) is 0 Å². The lowest BCUT2D eigenvalue weighted by Gasteiger charge is -2.06. The lowest BCUT2D eigenvalue weighted by molar-refractivity contribution is -0.705. The van der Waals surface area contributed by atoms with Gasteiger partial charge in [0.2, 0.25) is 5.51 Å². The summed E-state index contributed by atoms with van der Waals surface area (Å²) >= 11 is 1.73. The van der Waals surface area contributed by atoms with Gasteiger partial charge in [0.1, 0.15) is 0 Å². The molecule has 0 aliphatic rings. The molecule has 0 bridgehead atoms. The quantitative estimate of drug-likeness (QED) is 0.600. The zero-order valence-corrected chi connectivity index (χ0v) is 10.5. The average Bonchev–Trinajstić information content (AvgIpc) is 2.91. The molecule has 84 valence electrons. The lowest BCUT2D eigenvalue weighted by Crippen LogP contribution is -2.35. The minimum atomic E-state index is 0.394. The van der Waals surface area contributed by atoms with E-state index in [4.69, 9.17) is 0 Å². The molecule has 1 heterocycles. The molecule has 2 aromatic carbocycles. The molecule has 0 amide bonds. The van der Waals surface area contributed by atoms with Gasteiger partial charge in [-0.3, -0.25) is 0 Å². The molecular weight excluding hydrogens is 226 g/mol. The highest BCUT2D eigenvalue weighted by molar-refractivity contribution is 7.07. The van der Waals surface area contributed by atoms with E-state index < -0.39 is 0 Å². The summed E-state index contributed by atoms with van der Waals surface area (Å²) in [6, 6.07) is 15.6. The first-order chi connectivity index (χ1) is 8.34. The second-order valence-corrected chi connectivity index (χ2v) is 5.01. The summed E-state index contributed by atoms with van der Waals surface area (Å²) in [7, 11) is 0. The van der Waals surface area contributed by atoms with Gasteiger partial charge in [0.15, 0.2) is 12.2 Å². The molecule has 1 aromatic heterocycles. The summed E-state index contributed by atoms with van der Waals surface area (Å²) in [5.74, 6) is 0. The maximum atomic E-state index is 2.28. The van der Waals surface area contributed by atoms with Crippen LogP contribution >= 0.6 is 11.3 Å². The average molecular weight is 240 g/mol. The van der Waals surface area contributed by atoms with E-state index in [1.165, 1.54) is 16.3 Å². The Balaban J connectivity index is 2.06. The van der Waals surface area contributed by atoms with E-state index in [0.29, 0.717) is 6.04 Å². The maximum absolute atomic E-state index is 2.28. The first kappa shape index (κ1) is 10.5. The molecule has 3 rings (SSSR count). The highest BCUT2D eigenvalue weighted by Crippen LogP contribution is 2.20. The van der Waals surface area contributed by atoms with Crippen LogP contribution in [0.4, 0.5) is 0 Å². The molecule has 0 spiro atoms. The van der Waals surface area contributed by atoms with Crippen molar-refractivity contribution in [3.05, 3.63) is 65.1 Å². The molecule has 0 fully saturated rings. The van der Waals surface area contributed by atoms with Crippen LogP contribution in [0.5, 0.6) is 0 Å². The number of hydrogen-bond acceptors (Lipinski definition) is 1. The summed E-state index contributed by atoms with van der Waals surface area (Å²) in [5.41, 5.74) is 3.51. The molecule has 0 radical (unpaired) electrons. The number of aromatic nitrogens is 1. The summed E-state index contributed by atoms with van der Waals surface area (Å²) < 4.78 is 2.24. The van der Waals surface area contributed by atoms with Gasteiger partial charge in [0.05, 0.1) is 5.38 Å². The number of fused-ring (bicyclic) bond motifs is 1. The van der Waals surface area contributed by atoms with Crippen molar-refractivity contribution in [1.82, 2.24) is 0 Å². The molecule has 3 aromatic rings. The Morgan fingerprint density at radius 2 is 1.88 bits per heavy atom. The standard InChI is InChI=1S/C15H14NS/c1-12(16-8-9-17-11-16)14-7-6-13-4-2-3-5-15(13)10-14/h2-12H,1H3/q+1/t12-/m1/s1. The first-order valence-corrected chi connectivity index (χ1v) is 6.70. The summed E-state index contributed by atoms with van der Waals surface area (Å²) in [4.78, 5) is 0. The molecule has 0 saturated heterocycles. The Morgan fingerprint density at radius 1 is 1.06 bits per heavy atom. The molecule has 1 nitrogen and oxygen atoms in total. The van der Waals surface area contributed by atoms with Gasteiger partial charge in [-0.05, 0) is 16.8 Å². The molecule has 0 aliphatic carbocycles. The fourth-order valence-electron chi connectivity index (χ4n) is 2.11. The maximum Gasteiger partial charge on any atom is 0.225 e. The lowest BCUT2D eigenvalue weighted by atomic mass is 10.0. The van der Waals surface area contributed by atoms with E-state index in [-0.39, 0.29) is 0 Å². The van der Waals surface area contributed by atoms with E-state index in [0.717, 1.165) is 0 Å². The zero-order valence-electron chi connectivity index (χ0n) is 9.71. The Labute approximate surface area is 105 Å². The molecule has 0 N–H and O–H groups in total. The van der Waals surface area contributed by atoms with Crippen molar-refractivity contribution in [2.24, 2.45) is 0 Å². The summed E-state index contributed by atoms with van der Waals surface area (Å²) in [6.45, 7) is 2.23. The highest BCUT2D eigenvalue weighted by Gasteiger charge is 2.15. The van der Waals surface area contributed by atoms with Gasteiger partial charge < -0.3 is 0 Å². The van der Waals surface area contributed by atoms with Gasteiger partial charge in [0, 0.05) is 12.5 Å². The van der Waals surface area contributed by atoms with Crippen LogP contribution in [0.2, 0.25) is 0 Å². The monoisotopic (exact) mass is 240 g/mol. The smallest absolute Gasteiger partial charge is 0.189 e. The Kier molecular flexibility index (Phi) is 2.65. The van der Waals surface area contributed by atoms with Crippen LogP contribution in [-0.4, -0.2) is 0 Å². The van der Waals surface area contributed by atoms with E-state index in [2.05, 4.69) is 71.0 Å². The van der Waals surface area contributed by atoms with E-state index in [9.17, 15) is 0 Å². The third-order valence-corrected chi connectivity index (χ3v) is 3.84. The SMILES string of the molecule is C[C@H](c1ccc2ccccc2c1)[n+]1ccsc1. The van der Waals surface area contributed by atoms with Gasteiger partial charge in [-0.2, -0.15) is 4.57 Å². The second kappa shape index (κ2) is 4.30. The Hall–Kier alpha value is -1.67. The van der Waals surface area contributed by atoms with Crippen molar-refractivity contribution >= 4 is 22.1 Å². The molecule has 17 heavy (non-hydrogen) atoms. The van der Waals surface area contributed by atoms with Crippen LogP contribution in [0.1, 0.15) is 18.5 Å². The highest BCUT2D eigenvalue weighted by atomic mass is 32.1. The number of benzene rings is 2. The van der Waals surface area contributed by atoms with E-state index in [1.807, 2.05) is 0 Å². The summed E-state index contributed by atoms with van der Waals surface area (Å²) in [6.07, 6.45) is 2.13. The van der Waals surface area contributed by atoms with Gasteiger partial charge in [-0.15, -0.1) is 0 Å². The van der Waals surface area contributed by atoms with Crippen molar-refractivity contribution in [2.45, 2.75) is 13.0 Å². The van der Waals surface area contributed by atoms with Crippen molar-refractivity contribution in [1.29, 1.82) is 0 Å². The topological polar surface area (TPSA) is 3.88 Å². The molecular formula is C15H14NS+. The number of hydrogen-bond donors (Lipinski definition) is 0. The van der Waals surface area contributed by atoms with Gasteiger partial charge in [-0.1, -0.05) is 47.7 Å². The van der Waals surface area contributed by atoms with Gasteiger partial charge >= 0.3 is 0 Å². The predicted octanol–water partition coefficient (Wildman–Crippen LogP) is 3.80. The normalized spacial score (nSPS) is 12.8. The fourth-order valence-corrected chi connectivity index (χ4v) is 2.78. The van der Waals surface area contributed by atoms with Gasteiger partial charge in [0.25, 0.3) is 0 Å². The minimum absolute atomic E-state index is 0.394. The van der Waals surface area contributed by atoms with Crippen LogP contribution in [-0.2, 0) is 0 Å². The zero-order chi connectivity index (χ0) is 11.7. The largest absolute Gasteiger partial charge is 0.225 e. The van der Waals surface area contributed by atoms with E-state index >= 15 is 0 Å². The van der Waals surface area contributed by atoms with E-state index in [1.54, 1.807) is 11.3 Å². The number of thiazole rings is 1. The molecule has 2 heteroatoms. The van der Waals surface area contributed by atoms with Crippen molar-refractivity contribution in [3.8, 4) is 0 Å². The Bertz CT molecular complexity index is 628. The minimum Gasteiger partial charge on any atom is -0.189 e. The van der Waals surface area contributed by atoms with Crippen LogP contribution in [0.15, 0.2) is 59.6 Å². The Morgan fingerprint density at radius 3 is 2.65 bits per heavy atom. The fraction of sp³-hybridized carbons (Fsp3) is 0.133. The molecule has 0 aliphatic heterocycles. The third-order valence-electron chi connectivity index (χ3n) is 3.20. The first-order valence-electron chi connectivity index (χ1n) is 5.76. The number of rotatable bonds is 2. The summed E-state index contributed by atoms with van der Waals surface area (Å²) in [5, 5.41) is 4.73. The second-order valence-electron chi connectivity index (χ2n) is 4.26. The van der Waals surface area contributed by atoms with Crippen LogP contribution in [0.25, 0.3) is 10.8 Å². The van der Waals surface area contributed by atoms with Crippen LogP contribution in [0.3, 0.4) is 0 Å². The molecule has 1 atom stereocenters. The van der Waals surface area contributed by atoms with Crippen LogP contribution in [0, 0.1) is 0 Å². The van der Waals surface area contributed by atoms with Crippen molar-refractivity contribution < 1.29 is 4.57 Å². The third kappa shape index (κ3) is 1.96. The molecule has 0 saturated carbocycles.